The van der Waals surface area contributed by atoms with Crippen LogP contribution in [0.25, 0.3) is 5.65 Å². The van der Waals surface area contributed by atoms with Crippen LogP contribution in [0, 0.1) is 6.92 Å². The highest BCUT2D eigenvalue weighted by Crippen LogP contribution is 2.27. The molecule has 0 atom stereocenters. The lowest BCUT2D eigenvalue weighted by Gasteiger charge is -2.08. The minimum absolute atomic E-state index is 0.131. The number of carbonyl (C=O) groups excluding carboxylic acids is 1. The average Bonchev–Trinajstić information content (AvgIpc) is 2.94. The first-order valence-corrected chi connectivity index (χ1v) is 8.05. The molecule has 1 amide bonds. The van der Waals surface area contributed by atoms with Crippen molar-refractivity contribution < 1.29 is 9.53 Å². The second-order valence-corrected chi connectivity index (χ2v) is 6.19. The Kier molecular flexibility index (Phi) is 4.92. The highest BCUT2D eigenvalue weighted by Gasteiger charge is 2.08. The fourth-order valence-electron chi connectivity index (χ4n) is 2.20. The van der Waals surface area contributed by atoms with Crippen molar-refractivity contribution in [1.82, 2.24) is 14.7 Å². The van der Waals surface area contributed by atoms with Crippen LogP contribution in [0.2, 0.25) is 10.0 Å². The van der Waals surface area contributed by atoms with Crippen LogP contribution < -0.4 is 10.1 Å². The van der Waals surface area contributed by atoms with Gasteiger partial charge in [-0.3, -0.25) is 4.79 Å². The predicted molar refractivity (Wildman–Crippen MR) is 93.7 cm³/mol. The molecule has 0 fully saturated rings. The molecule has 0 aliphatic carbocycles. The summed E-state index contributed by atoms with van der Waals surface area (Å²) in [5, 5.41) is 3.65. The van der Waals surface area contributed by atoms with Crippen LogP contribution >= 0.6 is 23.2 Å². The maximum absolute atomic E-state index is 11.9. The maximum atomic E-state index is 11.9. The van der Waals surface area contributed by atoms with E-state index in [0.29, 0.717) is 22.3 Å². The molecule has 0 aliphatic rings. The average molecular weight is 364 g/mol. The molecule has 0 aliphatic heterocycles. The van der Waals surface area contributed by atoms with Gasteiger partial charge in [-0.2, -0.15) is 0 Å². The Morgan fingerprint density at radius 2 is 2.12 bits per heavy atom. The number of imidazole rings is 1. The summed E-state index contributed by atoms with van der Waals surface area (Å²) in [5.74, 6) is 0.161. The molecule has 5 nitrogen and oxygen atoms in total. The second-order valence-electron chi connectivity index (χ2n) is 5.34. The van der Waals surface area contributed by atoms with Gasteiger partial charge in [0.2, 0.25) is 0 Å². The second kappa shape index (κ2) is 7.11. The van der Waals surface area contributed by atoms with Gasteiger partial charge in [0.1, 0.15) is 11.4 Å². The molecule has 3 aromatic rings. The summed E-state index contributed by atoms with van der Waals surface area (Å²) < 4.78 is 7.30. The number of rotatable bonds is 5. The van der Waals surface area contributed by atoms with Crippen molar-refractivity contribution in [3.8, 4) is 5.75 Å². The minimum Gasteiger partial charge on any atom is -0.482 e. The highest BCUT2D eigenvalue weighted by atomic mass is 35.5. The van der Waals surface area contributed by atoms with E-state index < -0.39 is 0 Å². The van der Waals surface area contributed by atoms with Gasteiger partial charge < -0.3 is 14.5 Å². The first kappa shape index (κ1) is 16.6. The highest BCUT2D eigenvalue weighted by molar-refractivity contribution is 6.35. The lowest BCUT2D eigenvalue weighted by atomic mass is 10.3. The maximum Gasteiger partial charge on any atom is 0.258 e. The Morgan fingerprint density at radius 3 is 2.92 bits per heavy atom. The third-order valence-electron chi connectivity index (χ3n) is 3.38. The molecule has 7 heteroatoms. The van der Waals surface area contributed by atoms with Crippen molar-refractivity contribution in [2.75, 3.05) is 6.61 Å². The van der Waals surface area contributed by atoms with Crippen LogP contribution in [0.1, 0.15) is 11.3 Å². The van der Waals surface area contributed by atoms with Crippen LogP contribution in [0.5, 0.6) is 5.75 Å². The zero-order valence-corrected chi connectivity index (χ0v) is 14.4. The van der Waals surface area contributed by atoms with E-state index in [1.807, 2.05) is 35.9 Å². The molecule has 0 radical (unpaired) electrons. The molecule has 0 saturated carbocycles. The number of halogens is 2. The van der Waals surface area contributed by atoms with Crippen molar-refractivity contribution in [1.29, 1.82) is 0 Å². The fraction of sp³-hybridized carbons (Fsp3) is 0.176. The van der Waals surface area contributed by atoms with E-state index in [1.165, 1.54) is 0 Å². The normalized spacial score (nSPS) is 10.8. The van der Waals surface area contributed by atoms with Gasteiger partial charge in [0.15, 0.2) is 6.61 Å². The van der Waals surface area contributed by atoms with Gasteiger partial charge in [0.05, 0.1) is 17.3 Å². The predicted octanol–water partition coefficient (Wildman–Crippen LogP) is 3.64. The number of amides is 1. The third kappa shape index (κ3) is 3.99. The number of aryl methyl sites for hydroxylation is 1. The van der Waals surface area contributed by atoms with E-state index >= 15 is 0 Å². The standard InChI is InChI=1S/C17H15Cl2N3O2/c1-11-4-5-22-9-13(21-16(22)6-11)8-20-17(23)10-24-15-3-2-12(18)7-14(15)19/h2-7,9H,8,10H2,1H3,(H,20,23). The molecule has 2 aromatic heterocycles. The number of hydrogen-bond acceptors (Lipinski definition) is 3. The molecule has 1 N–H and O–H groups in total. The van der Waals surface area contributed by atoms with Crippen molar-refractivity contribution in [3.63, 3.8) is 0 Å². The molecular weight excluding hydrogens is 349 g/mol. The Bertz CT molecular complexity index is 893. The zero-order chi connectivity index (χ0) is 17.1. The summed E-state index contributed by atoms with van der Waals surface area (Å²) in [7, 11) is 0. The van der Waals surface area contributed by atoms with Crippen molar-refractivity contribution in [3.05, 3.63) is 64.0 Å². The Morgan fingerprint density at radius 1 is 1.29 bits per heavy atom. The minimum atomic E-state index is -0.255. The number of nitrogens with zero attached hydrogens (tertiary/aromatic N) is 2. The van der Waals surface area contributed by atoms with Gasteiger partial charge in [-0.05, 0) is 42.8 Å². The van der Waals surface area contributed by atoms with E-state index in [2.05, 4.69) is 10.3 Å². The number of benzene rings is 1. The number of hydrogen-bond donors (Lipinski definition) is 1. The van der Waals surface area contributed by atoms with Crippen LogP contribution in [-0.4, -0.2) is 21.9 Å². The molecule has 0 bridgehead atoms. The van der Waals surface area contributed by atoms with Gasteiger partial charge in [-0.25, -0.2) is 4.98 Å². The largest absolute Gasteiger partial charge is 0.482 e. The zero-order valence-electron chi connectivity index (χ0n) is 12.9. The summed E-state index contributed by atoms with van der Waals surface area (Å²) in [4.78, 5) is 16.4. The van der Waals surface area contributed by atoms with Gasteiger partial charge in [-0.15, -0.1) is 0 Å². The van der Waals surface area contributed by atoms with E-state index in [4.69, 9.17) is 27.9 Å². The molecule has 3 rings (SSSR count). The SMILES string of the molecule is Cc1ccn2cc(CNC(=O)COc3ccc(Cl)cc3Cl)nc2c1. The first-order valence-electron chi connectivity index (χ1n) is 7.30. The first-order chi connectivity index (χ1) is 11.5. The van der Waals surface area contributed by atoms with E-state index in [1.54, 1.807) is 18.2 Å². The van der Waals surface area contributed by atoms with E-state index in [0.717, 1.165) is 16.9 Å². The summed E-state index contributed by atoms with van der Waals surface area (Å²) in [5.41, 5.74) is 2.76. The van der Waals surface area contributed by atoms with Crippen molar-refractivity contribution >= 4 is 34.8 Å². The molecule has 124 valence electrons. The van der Waals surface area contributed by atoms with E-state index in [-0.39, 0.29) is 12.5 Å². The van der Waals surface area contributed by atoms with Crippen molar-refractivity contribution in [2.24, 2.45) is 0 Å². The number of nitrogens with one attached hydrogen (secondary N) is 1. The van der Waals surface area contributed by atoms with Crippen LogP contribution in [0.3, 0.4) is 0 Å². The Balaban J connectivity index is 1.54. The van der Waals surface area contributed by atoms with Gasteiger partial charge in [-0.1, -0.05) is 23.2 Å². The molecule has 0 unspecified atom stereocenters. The third-order valence-corrected chi connectivity index (χ3v) is 3.92. The molecule has 0 spiro atoms. The monoisotopic (exact) mass is 363 g/mol. The Labute approximate surface area is 149 Å². The summed E-state index contributed by atoms with van der Waals surface area (Å²) in [6.07, 6.45) is 3.82. The Hall–Kier alpha value is -2.24. The lowest BCUT2D eigenvalue weighted by Crippen LogP contribution is -2.28. The summed E-state index contributed by atoms with van der Waals surface area (Å²) >= 11 is 11.8. The van der Waals surface area contributed by atoms with Gasteiger partial charge in [0.25, 0.3) is 5.91 Å². The van der Waals surface area contributed by atoms with Crippen LogP contribution in [0.4, 0.5) is 0 Å². The smallest absolute Gasteiger partial charge is 0.258 e. The quantitative estimate of drug-likeness (QED) is 0.752. The van der Waals surface area contributed by atoms with Crippen LogP contribution in [-0.2, 0) is 11.3 Å². The van der Waals surface area contributed by atoms with E-state index in [9.17, 15) is 4.79 Å². The molecule has 2 heterocycles. The molecule has 0 saturated heterocycles. The van der Waals surface area contributed by atoms with Crippen LogP contribution in [0.15, 0.2) is 42.7 Å². The number of carbonyl (C=O) groups is 1. The number of pyridine rings is 1. The number of fused-ring (bicyclic) bond motifs is 1. The summed E-state index contributed by atoms with van der Waals surface area (Å²) in [6.45, 7) is 2.21. The fourth-order valence-corrected chi connectivity index (χ4v) is 2.66. The van der Waals surface area contributed by atoms with Crippen molar-refractivity contribution in [2.45, 2.75) is 13.5 Å². The lowest BCUT2D eigenvalue weighted by molar-refractivity contribution is -0.123. The topological polar surface area (TPSA) is 55.6 Å². The number of ether oxygens (including phenoxy) is 1. The van der Waals surface area contributed by atoms with Gasteiger partial charge >= 0.3 is 0 Å². The molecular formula is C17H15Cl2N3O2. The molecule has 24 heavy (non-hydrogen) atoms. The summed E-state index contributed by atoms with van der Waals surface area (Å²) in [6, 6.07) is 8.83. The van der Waals surface area contributed by atoms with Gasteiger partial charge in [0, 0.05) is 17.4 Å². The molecule has 1 aromatic carbocycles. The number of aromatic nitrogens is 2.